The Hall–Kier alpha value is -2.79. The zero-order valence-electron chi connectivity index (χ0n) is 13.7. The van der Waals surface area contributed by atoms with Crippen molar-refractivity contribution < 1.29 is 19.4 Å². The van der Waals surface area contributed by atoms with Crippen molar-refractivity contribution in [1.29, 1.82) is 0 Å². The summed E-state index contributed by atoms with van der Waals surface area (Å²) in [6, 6.07) is 14.5. The van der Waals surface area contributed by atoms with Crippen LogP contribution >= 0.6 is 0 Å². The highest BCUT2D eigenvalue weighted by Crippen LogP contribution is 2.17. The van der Waals surface area contributed by atoms with E-state index < -0.39 is 6.10 Å². The molecule has 126 valence electrons. The lowest BCUT2D eigenvalue weighted by molar-refractivity contribution is -0.116. The first-order chi connectivity index (χ1) is 11.6. The molecule has 24 heavy (non-hydrogen) atoms. The zero-order chi connectivity index (χ0) is 17.4. The van der Waals surface area contributed by atoms with Crippen LogP contribution in [0.4, 0.5) is 0 Å². The summed E-state index contributed by atoms with van der Waals surface area (Å²) in [5.41, 5.74) is 1.58. The Kier molecular flexibility index (Phi) is 6.40. The lowest BCUT2D eigenvalue weighted by Gasteiger charge is -2.12. The van der Waals surface area contributed by atoms with Crippen LogP contribution in [-0.2, 0) is 4.79 Å². The highest BCUT2D eigenvalue weighted by Gasteiger charge is 2.08. The summed E-state index contributed by atoms with van der Waals surface area (Å²) < 4.78 is 10.2. The van der Waals surface area contributed by atoms with E-state index in [1.807, 2.05) is 24.3 Å². The molecule has 0 unspecified atom stereocenters. The third kappa shape index (κ3) is 5.14. The van der Waals surface area contributed by atoms with Crippen LogP contribution in [0.15, 0.2) is 54.6 Å². The van der Waals surface area contributed by atoms with Crippen LogP contribution in [-0.4, -0.2) is 31.8 Å². The van der Waals surface area contributed by atoms with Crippen LogP contribution in [0.1, 0.15) is 17.2 Å². The van der Waals surface area contributed by atoms with Crippen molar-refractivity contribution in [2.75, 3.05) is 20.8 Å². The number of methoxy groups -OCH3 is 2. The second-order valence-corrected chi connectivity index (χ2v) is 5.14. The predicted octanol–water partition coefficient (Wildman–Crippen LogP) is 2.57. The molecule has 5 heteroatoms. The summed E-state index contributed by atoms with van der Waals surface area (Å²) in [6.45, 7) is 0.133. The van der Waals surface area contributed by atoms with Crippen molar-refractivity contribution in [2.45, 2.75) is 6.10 Å². The van der Waals surface area contributed by atoms with Gasteiger partial charge in [-0.3, -0.25) is 4.79 Å². The highest BCUT2D eigenvalue weighted by molar-refractivity contribution is 5.91. The number of carbonyl (C=O) groups excluding carboxylic acids is 1. The number of ether oxygens (including phenoxy) is 2. The summed E-state index contributed by atoms with van der Waals surface area (Å²) in [4.78, 5) is 11.8. The molecule has 0 aliphatic carbocycles. The van der Waals surface area contributed by atoms with Gasteiger partial charge in [0.05, 0.1) is 20.3 Å². The quantitative estimate of drug-likeness (QED) is 0.767. The Morgan fingerprint density at radius 3 is 2.50 bits per heavy atom. The maximum atomic E-state index is 11.8. The van der Waals surface area contributed by atoms with Crippen molar-refractivity contribution >= 4 is 12.0 Å². The number of amides is 1. The molecule has 0 bridgehead atoms. The fourth-order valence-corrected chi connectivity index (χ4v) is 2.12. The van der Waals surface area contributed by atoms with E-state index in [4.69, 9.17) is 9.47 Å². The second-order valence-electron chi connectivity index (χ2n) is 5.14. The number of hydrogen-bond donors (Lipinski definition) is 2. The zero-order valence-corrected chi connectivity index (χ0v) is 13.7. The summed E-state index contributed by atoms with van der Waals surface area (Å²) in [5.74, 6) is 1.18. The normalized spacial score (nSPS) is 12.0. The molecule has 2 aromatic rings. The summed E-state index contributed by atoms with van der Waals surface area (Å²) in [5, 5.41) is 12.8. The van der Waals surface area contributed by atoms with Gasteiger partial charge in [-0.05, 0) is 41.5 Å². The lowest BCUT2D eigenvalue weighted by atomic mass is 10.1. The summed E-state index contributed by atoms with van der Waals surface area (Å²) >= 11 is 0. The Balaban J connectivity index is 1.86. The van der Waals surface area contributed by atoms with Crippen LogP contribution in [0.2, 0.25) is 0 Å². The number of carbonyl (C=O) groups is 1. The Morgan fingerprint density at radius 2 is 1.83 bits per heavy atom. The lowest BCUT2D eigenvalue weighted by Crippen LogP contribution is -2.26. The van der Waals surface area contributed by atoms with Gasteiger partial charge >= 0.3 is 0 Å². The number of aliphatic hydroxyl groups excluding tert-OH is 1. The Labute approximate surface area is 141 Å². The molecular formula is C19H21NO4. The molecular weight excluding hydrogens is 306 g/mol. The van der Waals surface area contributed by atoms with Crippen LogP contribution < -0.4 is 14.8 Å². The summed E-state index contributed by atoms with van der Waals surface area (Å²) in [6.07, 6.45) is 2.35. The first kappa shape index (κ1) is 17.6. The van der Waals surface area contributed by atoms with Gasteiger partial charge in [-0.15, -0.1) is 0 Å². The van der Waals surface area contributed by atoms with Crippen molar-refractivity contribution in [3.63, 3.8) is 0 Å². The molecule has 0 spiro atoms. The molecule has 2 rings (SSSR count). The molecule has 1 amide bonds. The molecule has 5 nitrogen and oxygen atoms in total. The molecule has 0 radical (unpaired) electrons. The predicted molar refractivity (Wildman–Crippen MR) is 93.0 cm³/mol. The van der Waals surface area contributed by atoms with Crippen LogP contribution in [0.3, 0.4) is 0 Å². The minimum absolute atomic E-state index is 0.133. The molecule has 0 fully saturated rings. The van der Waals surface area contributed by atoms with Gasteiger partial charge in [-0.1, -0.05) is 24.3 Å². The number of aliphatic hydroxyl groups is 1. The minimum Gasteiger partial charge on any atom is -0.497 e. The molecule has 0 saturated heterocycles. The van der Waals surface area contributed by atoms with Crippen LogP contribution in [0, 0.1) is 0 Å². The van der Waals surface area contributed by atoms with Crippen molar-refractivity contribution in [1.82, 2.24) is 5.32 Å². The molecule has 0 heterocycles. The van der Waals surface area contributed by atoms with Gasteiger partial charge < -0.3 is 19.9 Å². The van der Waals surface area contributed by atoms with Crippen molar-refractivity contribution in [2.24, 2.45) is 0 Å². The Morgan fingerprint density at radius 1 is 1.12 bits per heavy atom. The van der Waals surface area contributed by atoms with E-state index in [0.29, 0.717) is 5.56 Å². The molecule has 0 aromatic heterocycles. The van der Waals surface area contributed by atoms with Gasteiger partial charge in [0.25, 0.3) is 0 Å². The topological polar surface area (TPSA) is 67.8 Å². The number of benzene rings is 2. The standard InChI is InChI=1S/C19H21NO4/c1-23-16-9-7-15(8-10-16)18(21)13-20-19(22)11-6-14-4-3-5-17(12-14)24-2/h3-12,18,21H,13H2,1-2H3,(H,20,22)/b11-6+/t18-/m1/s1. The number of rotatable bonds is 7. The first-order valence-corrected chi connectivity index (χ1v) is 7.54. The van der Waals surface area contributed by atoms with Gasteiger partial charge in [-0.2, -0.15) is 0 Å². The van der Waals surface area contributed by atoms with E-state index in [2.05, 4.69) is 5.32 Å². The van der Waals surface area contributed by atoms with E-state index in [1.165, 1.54) is 6.08 Å². The van der Waals surface area contributed by atoms with Crippen molar-refractivity contribution in [3.8, 4) is 11.5 Å². The van der Waals surface area contributed by atoms with Crippen LogP contribution in [0.5, 0.6) is 11.5 Å². The molecule has 0 saturated carbocycles. The Bertz CT molecular complexity index is 695. The van der Waals surface area contributed by atoms with Gasteiger partial charge in [0.15, 0.2) is 0 Å². The number of nitrogens with one attached hydrogen (secondary N) is 1. The minimum atomic E-state index is -0.773. The molecule has 2 aromatic carbocycles. The van der Waals surface area contributed by atoms with E-state index in [-0.39, 0.29) is 12.5 Å². The smallest absolute Gasteiger partial charge is 0.244 e. The number of hydrogen-bond acceptors (Lipinski definition) is 4. The van der Waals surface area contributed by atoms with E-state index in [1.54, 1.807) is 44.6 Å². The average Bonchev–Trinajstić information content (AvgIpc) is 2.64. The second kappa shape index (κ2) is 8.74. The average molecular weight is 327 g/mol. The largest absolute Gasteiger partial charge is 0.497 e. The fourth-order valence-electron chi connectivity index (χ4n) is 2.12. The molecule has 0 aliphatic rings. The molecule has 1 atom stereocenters. The third-order valence-electron chi connectivity index (χ3n) is 3.49. The highest BCUT2D eigenvalue weighted by atomic mass is 16.5. The van der Waals surface area contributed by atoms with E-state index in [0.717, 1.165) is 17.1 Å². The van der Waals surface area contributed by atoms with Gasteiger partial charge in [-0.25, -0.2) is 0 Å². The summed E-state index contributed by atoms with van der Waals surface area (Å²) in [7, 11) is 3.18. The first-order valence-electron chi connectivity index (χ1n) is 7.54. The monoisotopic (exact) mass is 327 g/mol. The van der Waals surface area contributed by atoms with Crippen LogP contribution in [0.25, 0.3) is 6.08 Å². The van der Waals surface area contributed by atoms with Gasteiger partial charge in [0.1, 0.15) is 11.5 Å². The molecule has 2 N–H and O–H groups in total. The van der Waals surface area contributed by atoms with Crippen molar-refractivity contribution in [3.05, 3.63) is 65.7 Å². The molecule has 0 aliphatic heterocycles. The SMILES string of the molecule is COc1ccc([C@H](O)CNC(=O)/C=C/c2cccc(OC)c2)cc1. The van der Waals surface area contributed by atoms with E-state index in [9.17, 15) is 9.90 Å². The van der Waals surface area contributed by atoms with Gasteiger partial charge in [0, 0.05) is 12.6 Å². The maximum absolute atomic E-state index is 11.8. The fraction of sp³-hybridized carbons (Fsp3) is 0.211. The van der Waals surface area contributed by atoms with E-state index >= 15 is 0 Å². The third-order valence-corrected chi connectivity index (χ3v) is 3.49. The van der Waals surface area contributed by atoms with Gasteiger partial charge in [0.2, 0.25) is 5.91 Å². The maximum Gasteiger partial charge on any atom is 0.244 e.